The second-order valence-corrected chi connectivity index (χ2v) is 6.32. The lowest BCUT2D eigenvalue weighted by molar-refractivity contribution is -0.112. The molecule has 0 aliphatic carbocycles. The molecule has 0 atom stereocenters. The van der Waals surface area contributed by atoms with Gasteiger partial charge in [-0.15, -0.1) is 0 Å². The van der Waals surface area contributed by atoms with Crippen molar-refractivity contribution in [1.82, 2.24) is 0 Å². The van der Waals surface area contributed by atoms with Gasteiger partial charge in [0, 0.05) is 17.3 Å². The number of benzene rings is 2. The maximum absolute atomic E-state index is 12.4. The van der Waals surface area contributed by atoms with E-state index in [1.807, 2.05) is 13.0 Å². The number of nitrogens with one attached hydrogen (secondary N) is 1. The zero-order chi connectivity index (χ0) is 19.8. The summed E-state index contributed by atoms with van der Waals surface area (Å²) in [5.74, 6) is 0.594. The van der Waals surface area contributed by atoms with Crippen LogP contribution in [0.1, 0.15) is 18.9 Å². The maximum Gasteiger partial charge on any atom is 0.266 e. The smallest absolute Gasteiger partial charge is 0.266 e. The number of carbonyl (C=O) groups excluding carboxylic acids is 1. The van der Waals surface area contributed by atoms with Crippen molar-refractivity contribution >= 4 is 40.9 Å². The van der Waals surface area contributed by atoms with Crippen LogP contribution in [-0.2, 0) is 4.79 Å². The minimum atomic E-state index is -0.562. The second kappa shape index (κ2) is 9.86. The van der Waals surface area contributed by atoms with Crippen LogP contribution in [0.25, 0.3) is 6.08 Å². The summed E-state index contributed by atoms with van der Waals surface area (Å²) >= 11 is 11.8. The molecular formula is C20H18Cl2N2O3. The maximum atomic E-state index is 12.4. The van der Waals surface area contributed by atoms with Gasteiger partial charge in [-0.2, -0.15) is 5.26 Å². The third-order valence-corrected chi connectivity index (χ3v) is 4.26. The van der Waals surface area contributed by atoms with E-state index in [1.165, 1.54) is 12.1 Å². The van der Waals surface area contributed by atoms with Crippen LogP contribution in [-0.4, -0.2) is 19.6 Å². The standard InChI is InChI=1S/C20H18Cl2N2O3/c1-3-8-27-19-11-16(26-2)6-4-13(19)9-14(12-23)20(25)24-15-5-7-17(21)18(22)10-15/h4-7,9-11H,3,8H2,1-2H3,(H,24,25)/b14-9+. The third-order valence-electron chi connectivity index (χ3n) is 3.52. The largest absolute Gasteiger partial charge is 0.497 e. The van der Waals surface area contributed by atoms with Gasteiger partial charge in [-0.05, 0) is 42.8 Å². The molecule has 2 aromatic rings. The molecule has 27 heavy (non-hydrogen) atoms. The Morgan fingerprint density at radius 3 is 2.63 bits per heavy atom. The van der Waals surface area contributed by atoms with Crippen molar-refractivity contribution in [1.29, 1.82) is 5.26 Å². The predicted octanol–water partition coefficient (Wildman–Crippen LogP) is 5.34. The highest BCUT2D eigenvalue weighted by Crippen LogP contribution is 2.28. The summed E-state index contributed by atoms with van der Waals surface area (Å²) in [5.41, 5.74) is 0.963. The number of rotatable bonds is 7. The number of nitriles is 1. The Morgan fingerprint density at radius 1 is 1.22 bits per heavy atom. The molecule has 0 heterocycles. The number of nitrogens with zero attached hydrogens (tertiary/aromatic N) is 1. The van der Waals surface area contributed by atoms with Crippen molar-refractivity contribution in [3.8, 4) is 17.6 Å². The highest BCUT2D eigenvalue weighted by atomic mass is 35.5. The van der Waals surface area contributed by atoms with Gasteiger partial charge in [-0.1, -0.05) is 30.1 Å². The second-order valence-electron chi connectivity index (χ2n) is 5.51. The molecule has 0 radical (unpaired) electrons. The Labute approximate surface area is 168 Å². The van der Waals surface area contributed by atoms with Crippen LogP contribution in [0.15, 0.2) is 42.0 Å². The molecule has 0 spiro atoms. The van der Waals surface area contributed by atoms with Crippen LogP contribution < -0.4 is 14.8 Å². The van der Waals surface area contributed by atoms with Crippen molar-refractivity contribution in [3.63, 3.8) is 0 Å². The van der Waals surface area contributed by atoms with Gasteiger partial charge in [-0.3, -0.25) is 4.79 Å². The minimum absolute atomic E-state index is 0.0763. The number of carbonyl (C=O) groups is 1. The Hall–Kier alpha value is -2.68. The van der Waals surface area contributed by atoms with E-state index in [-0.39, 0.29) is 5.57 Å². The molecule has 7 heteroatoms. The molecule has 0 aliphatic rings. The zero-order valence-electron chi connectivity index (χ0n) is 14.9. The Morgan fingerprint density at radius 2 is 2.00 bits per heavy atom. The zero-order valence-corrected chi connectivity index (χ0v) is 16.4. The summed E-state index contributed by atoms with van der Waals surface area (Å²) in [5, 5.41) is 12.7. The van der Waals surface area contributed by atoms with Crippen LogP contribution in [0.5, 0.6) is 11.5 Å². The Kier molecular flexibility index (Phi) is 7.54. The average Bonchev–Trinajstić information content (AvgIpc) is 2.67. The van der Waals surface area contributed by atoms with Crippen LogP contribution in [0, 0.1) is 11.3 Å². The fourth-order valence-electron chi connectivity index (χ4n) is 2.17. The van der Waals surface area contributed by atoms with E-state index in [0.717, 1.165) is 6.42 Å². The molecule has 1 N–H and O–H groups in total. The number of methoxy groups -OCH3 is 1. The topological polar surface area (TPSA) is 71.3 Å². The molecule has 0 saturated carbocycles. The number of amides is 1. The van der Waals surface area contributed by atoms with Crippen molar-refractivity contribution in [2.75, 3.05) is 19.0 Å². The van der Waals surface area contributed by atoms with Crippen LogP contribution in [0.2, 0.25) is 10.0 Å². The van der Waals surface area contributed by atoms with E-state index in [1.54, 1.807) is 37.4 Å². The molecule has 2 rings (SSSR count). The molecule has 2 aromatic carbocycles. The van der Waals surface area contributed by atoms with Gasteiger partial charge in [0.2, 0.25) is 0 Å². The van der Waals surface area contributed by atoms with Gasteiger partial charge in [0.25, 0.3) is 5.91 Å². The SMILES string of the molecule is CCCOc1cc(OC)ccc1/C=C(\C#N)C(=O)Nc1ccc(Cl)c(Cl)c1. The summed E-state index contributed by atoms with van der Waals surface area (Å²) in [4.78, 5) is 12.4. The molecule has 1 amide bonds. The summed E-state index contributed by atoms with van der Waals surface area (Å²) in [6, 6.07) is 11.8. The quantitative estimate of drug-likeness (QED) is 0.499. The van der Waals surface area contributed by atoms with Crippen LogP contribution in [0.4, 0.5) is 5.69 Å². The van der Waals surface area contributed by atoms with E-state index in [9.17, 15) is 10.1 Å². The first kappa shape index (κ1) is 20.6. The fraction of sp³-hybridized carbons (Fsp3) is 0.200. The van der Waals surface area contributed by atoms with Gasteiger partial charge in [0.1, 0.15) is 23.1 Å². The first-order valence-corrected chi connectivity index (χ1v) is 8.93. The number of hydrogen-bond acceptors (Lipinski definition) is 4. The first-order valence-electron chi connectivity index (χ1n) is 8.17. The lowest BCUT2D eigenvalue weighted by Crippen LogP contribution is -2.13. The van der Waals surface area contributed by atoms with Gasteiger partial charge in [0.05, 0.1) is 23.8 Å². The Balaban J connectivity index is 2.29. The molecule has 140 valence electrons. The molecule has 5 nitrogen and oxygen atoms in total. The lowest BCUT2D eigenvalue weighted by Gasteiger charge is -2.11. The monoisotopic (exact) mass is 404 g/mol. The molecule has 0 aliphatic heterocycles. The van der Waals surface area contributed by atoms with Crippen molar-refractivity contribution in [3.05, 3.63) is 57.6 Å². The van der Waals surface area contributed by atoms with E-state index < -0.39 is 5.91 Å². The molecule has 0 unspecified atom stereocenters. The van der Waals surface area contributed by atoms with E-state index in [2.05, 4.69) is 5.32 Å². The minimum Gasteiger partial charge on any atom is -0.497 e. The van der Waals surface area contributed by atoms with E-state index in [0.29, 0.717) is 39.4 Å². The summed E-state index contributed by atoms with van der Waals surface area (Å²) in [6.45, 7) is 2.49. The molecule has 0 bridgehead atoms. The fourth-order valence-corrected chi connectivity index (χ4v) is 2.47. The predicted molar refractivity (Wildman–Crippen MR) is 107 cm³/mol. The molecular weight excluding hydrogens is 387 g/mol. The lowest BCUT2D eigenvalue weighted by atomic mass is 10.1. The summed E-state index contributed by atoms with van der Waals surface area (Å²) < 4.78 is 10.9. The van der Waals surface area contributed by atoms with Crippen LogP contribution in [0.3, 0.4) is 0 Å². The van der Waals surface area contributed by atoms with E-state index >= 15 is 0 Å². The van der Waals surface area contributed by atoms with Crippen LogP contribution >= 0.6 is 23.2 Å². The summed E-state index contributed by atoms with van der Waals surface area (Å²) in [6.07, 6.45) is 2.29. The van der Waals surface area contributed by atoms with Gasteiger partial charge in [0.15, 0.2) is 0 Å². The van der Waals surface area contributed by atoms with Gasteiger partial charge < -0.3 is 14.8 Å². The van der Waals surface area contributed by atoms with Crippen molar-refractivity contribution < 1.29 is 14.3 Å². The van der Waals surface area contributed by atoms with Crippen molar-refractivity contribution in [2.24, 2.45) is 0 Å². The van der Waals surface area contributed by atoms with Crippen molar-refractivity contribution in [2.45, 2.75) is 13.3 Å². The summed E-state index contributed by atoms with van der Waals surface area (Å²) in [7, 11) is 1.56. The normalized spacial score (nSPS) is 10.9. The van der Waals surface area contributed by atoms with Gasteiger partial charge >= 0.3 is 0 Å². The number of ether oxygens (including phenoxy) is 2. The highest BCUT2D eigenvalue weighted by molar-refractivity contribution is 6.42. The highest BCUT2D eigenvalue weighted by Gasteiger charge is 2.13. The Bertz CT molecular complexity index is 905. The first-order chi connectivity index (χ1) is 13.0. The van der Waals surface area contributed by atoms with Gasteiger partial charge in [-0.25, -0.2) is 0 Å². The molecule has 0 saturated heterocycles. The van der Waals surface area contributed by atoms with E-state index in [4.69, 9.17) is 32.7 Å². The number of hydrogen-bond donors (Lipinski definition) is 1. The number of halogens is 2. The molecule has 0 fully saturated rings. The molecule has 0 aromatic heterocycles. The number of anilines is 1. The average molecular weight is 405 g/mol. The third kappa shape index (κ3) is 5.65.